The molecule has 112 valence electrons. The molecule has 0 saturated carbocycles. The third-order valence-electron chi connectivity index (χ3n) is 2.92. The van der Waals surface area contributed by atoms with Gasteiger partial charge < -0.3 is 9.84 Å². The van der Waals surface area contributed by atoms with Gasteiger partial charge in [0.15, 0.2) is 5.82 Å². The van der Waals surface area contributed by atoms with Gasteiger partial charge in [-0.05, 0) is 30.7 Å². The van der Waals surface area contributed by atoms with Gasteiger partial charge in [0.2, 0.25) is 11.8 Å². The van der Waals surface area contributed by atoms with Crippen LogP contribution in [0.2, 0.25) is 0 Å². The van der Waals surface area contributed by atoms with E-state index in [1.54, 1.807) is 0 Å². The van der Waals surface area contributed by atoms with Gasteiger partial charge in [-0.3, -0.25) is 4.79 Å². The smallest absolute Gasteiger partial charge is 0.226 e. The van der Waals surface area contributed by atoms with Crippen LogP contribution in [0.4, 0.5) is 10.1 Å². The average molecular weight is 291 g/mol. The molecular formula is C15H18FN3O2. The number of carbonyl (C=O) groups is 1. The molecule has 6 heteroatoms. The Morgan fingerprint density at radius 2 is 2.05 bits per heavy atom. The summed E-state index contributed by atoms with van der Waals surface area (Å²) in [5.41, 5.74) is 0.585. The van der Waals surface area contributed by atoms with Gasteiger partial charge in [-0.1, -0.05) is 19.0 Å². The highest BCUT2D eigenvalue weighted by atomic mass is 19.1. The van der Waals surface area contributed by atoms with Gasteiger partial charge in [0.1, 0.15) is 5.82 Å². The molecule has 1 amide bonds. The normalized spacial score (nSPS) is 10.9. The van der Waals surface area contributed by atoms with Gasteiger partial charge in [-0.2, -0.15) is 4.98 Å². The molecule has 21 heavy (non-hydrogen) atoms. The molecule has 0 aliphatic rings. The van der Waals surface area contributed by atoms with Gasteiger partial charge in [-0.15, -0.1) is 0 Å². The van der Waals surface area contributed by atoms with Gasteiger partial charge in [-0.25, -0.2) is 4.39 Å². The molecule has 0 bridgehead atoms. The van der Waals surface area contributed by atoms with E-state index in [9.17, 15) is 9.18 Å². The topological polar surface area (TPSA) is 68.0 Å². The van der Waals surface area contributed by atoms with E-state index in [-0.39, 0.29) is 17.6 Å². The maximum atomic E-state index is 12.7. The first kappa shape index (κ1) is 15.2. The van der Waals surface area contributed by atoms with E-state index in [1.165, 1.54) is 24.3 Å². The minimum atomic E-state index is -0.328. The van der Waals surface area contributed by atoms with Crippen molar-refractivity contribution in [1.82, 2.24) is 10.1 Å². The summed E-state index contributed by atoms with van der Waals surface area (Å²) in [4.78, 5) is 16.0. The van der Waals surface area contributed by atoms with Crippen LogP contribution in [0, 0.1) is 5.82 Å². The molecule has 0 fully saturated rings. The van der Waals surface area contributed by atoms with Crippen molar-refractivity contribution in [3.8, 4) is 0 Å². The number of amides is 1. The van der Waals surface area contributed by atoms with Crippen molar-refractivity contribution < 1.29 is 13.7 Å². The zero-order valence-electron chi connectivity index (χ0n) is 12.1. The largest absolute Gasteiger partial charge is 0.339 e. The summed E-state index contributed by atoms with van der Waals surface area (Å²) in [7, 11) is 0. The first-order valence-corrected chi connectivity index (χ1v) is 6.92. The van der Waals surface area contributed by atoms with Crippen LogP contribution in [0.3, 0.4) is 0 Å². The van der Waals surface area contributed by atoms with Gasteiger partial charge in [0, 0.05) is 24.4 Å². The van der Waals surface area contributed by atoms with E-state index in [0.29, 0.717) is 36.7 Å². The van der Waals surface area contributed by atoms with E-state index in [1.807, 2.05) is 13.8 Å². The van der Waals surface area contributed by atoms with E-state index >= 15 is 0 Å². The molecule has 0 spiro atoms. The van der Waals surface area contributed by atoms with Crippen molar-refractivity contribution in [2.24, 2.45) is 0 Å². The number of hydrogen-bond acceptors (Lipinski definition) is 4. The van der Waals surface area contributed by atoms with Crippen LogP contribution in [0.25, 0.3) is 0 Å². The number of benzene rings is 1. The molecule has 0 aliphatic carbocycles. The molecule has 1 heterocycles. The van der Waals surface area contributed by atoms with E-state index < -0.39 is 0 Å². The standard InChI is InChI=1S/C15H18FN3O2/c1-10(2)15-18-14(21-19-15)5-3-4-13(20)17-12-8-6-11(16)7-9-12/h6-10H,3-5H2,1-2H3,(H,17,20). The lowest BCUT2D eigenvalue weighted by Gasteiger charge is -2.04. The molecule has 0 unspecified atom stereocenters. The fraction of sp³-hybridized carbons (Fsp3) is 0.400. The van der Waals surface area contributed by atoms with Crippen LogP contribution in [-0.4, -0.2) is 16.0 Å². The second-order valence-electron chi connectivity index (χ2n) is 5.11. The zero-order chi connectivity index (χ0) is 15.2. The van der Waals surface area contributed by atoms with Crippen LogP contribution in [0.1, 0.15) is 44.3 Å². The predicted octanol–water partition coefficient (Wildman–Crippen LogP) is 3.29. The Balaban J connectivity index is 1.74. The summed E-state index contributed by atoms with van der Waals surface area (Å²) < 4.78 is 17.8. The third kappa shape index (κ3) is 4.66. The monoisotopic (exact) mass is 291 g/mol. The first-order chi connectivity index (χ1) is 10.0. The minimum absolute atomic E-state index is 0.120. The second-order valence-corrected chi connectivity index (χ2v) is 5.11. The maximum Gasteiger partial charge on any atom is 0.226 e. The molecule has 0 atom stereocenters. The Labute approximate surface area is 122 Å². The highest BCUT2D eigenvalue weighted by molar-refractivity contribution is 5.90. The van der Waals surface area contributed by atoms with Gasteiger partial charge in [0.05, 0.1) is 0 Å². The van der Waals surface area contributed by atoms with Crippen molar-refractivity contribution in [2.75, 3.05) is 5.32 Å². The first-order valence-electron chi connectivity index (χ1n) is 6.92. The van der Waals surface area contributed by atoms with Crippen molar-refractivity contribution in [3.63, 3.8) is 0 Å². The summed E-state index contributed by atoms with van der Waals surface area (Å²) in [5.74, 6) is 1.01. The van der Waals surface area contributed by atoms with Crippen LogP contribution in [0.5, 0.6) is 0 Å². The Morgan fingerprint density at radius 1 is 1.33 bits per heavy atom. The van der Waals surface area contributed by atoms with E-state index in [4.69, 9.17) is 4.52 Å². The van der Waals surface area contributed by atoms with Gasteiger partial charge in [0.25, 0.3) is 0 Å². The lowest BCUT2D eigenvalue weighted by molar-refractivity contribution is -0.116. The zero-order valence-corrected chi connectivity index (χ0v) is 12.1. The molecule has 1 aromatic heterocycles. The molecule has 0 radical (unpaired) electrons. The van der Waals surface area contributed by atoms with Crippen LogP contribution in [-0.2, 0) is 11.2 Å². The molecule has 1 N–H and O–H groups in total. The molecule has 2 aromatic rings. The summed E-state index contributed by atoms with van der Waals surface area (Å²) in [5, 5.41) is 6.57. The lowest BCUT2D eigenvalue weighted by atomic mass is 10.2. The quantitative estimate of drug-likeness (QED) is 0.886. The number of rotatable bonds is 6. The van der Waals surface area contributed by atoms with Gasteiger partial charge >= 0.3 is 0 Å². The summed E-state index contributed by atoms with van der Waals surface area (Å²) in [6.45, 7) is 3.98. The predicted molar refractivity (Wildman–Crippen MR) is 76.4 cm³/mol. The number of hydrogen-bond donors (Lipinski definition) is 1. The Bertz CT molecular complexity index is 593. The SMILES string of the molecule is CC(C)c1noc(CCCC(=O)Nc2ccc(F)cc2)n1. The van der Waals surface area contributed by atoms with Crippen LogP contribution in [0.15, 0.2) is 28.8 Å². The van der Waals surface area contributed by atoms with Crippen molar-refractivity contribution in [2.45, 2.75) is 39.0 Å². The summed E-state index contributed by atoms with van der Waals surface area (Å²) in [6, 6.07) is 5.67. The van der Waals surface area contributed by atoms with E-state index in [0.717, 1.165) is 0 Å². The summed E-state index contributed by atoms with van der Waals surface area (Å²) >= 11 is 0. The number of nitrogens with zero attached hydrogens (tertiary/aromatic N) is 2. The number of aromatic nitrogens is 2. The van der Waals surface area contributed by atoms with Crippen molar-refractivity contribution in [1.29, 1.82) is 0 Å². The molecule has 0 aliphatic heterocycles. The highest BCUT2D eigenvalue weighted by Crippen LogP contribution is 2.12. The fourth-order valence-corrected chi connectivity index (χ4v) is 1.76. The number of aryl methyl sites for hydroxylation is 1. The molecule has 1 aromatic carbocycles. The molecular weight excluding hydrogens is 273 g/mol. The van der Waals surface area contributed by atoms with Crippen molar-refractivity contribution in [3.05, 3.63) is 41.8 Å². The Morgan fingerprint density at radius 3 is 2.67 bits per heavy atom. The maximum absolute atomic E-state index is 12.7. The van der Waals surface area contributed by atoms with Crippen LogP contribution >= 0.6 is 0 Å². The average Bonchev–Trinajstić information content (AvgIpc) is 2.90. The second kappa shape index (κ2) is 6.97. The number of nitrogens with one attached hydrogen (secondary N) is 1. The number of carbonyl (C=O) groups excluding carboxylic acids is 1. The van der Waals surface area contributed by atoms with Crippen LogP contribution < -0.4 is 5.32 Å². The lowest BCUT2D eigenvalue weighted by Crippen LogP contribution is -2.11. The molecule has 2 rings (SSSR count). The third-order valence-corrected chi connectivity index (χ3v) is 2.92. The molecule has 5 nitrogen and oxygen atoms in total. The Hall–Kier alpha value is -2.24. The molecule has 0 saturated heterocycles. The number of halogens is 1. The summed E-state index contributed by atoms with van der Waals surface area (Å²) in [6.07, 6.45) is 1.53. The Kier molecular flexibility index (Phi) is 5.03. The fourth-order valence-electron chi connectivity index (χ4n) is 1.76. The van der Waals surface area contributed by atoms with E-state index in [2.05, 4.69) is 15.5 Å². The minimum Gasteiger partial charge on any atom is -0.339 e. The highest BCUT2D eigenvalue weighted by Gasteiger charge is 2.10. The van der Waals surface area contributed by atoms with Crippen molar-refractivity contribution >= 4 is 11.6 Å². The number of anilines is 1.